The van der Waals surface area contributed by atoms with Crippen molar-refractivity contribution in [2.24, 2.45) is 5.92 Å². The van der Waals surface area contributed by atoms with Gasteiger partial charge >= 0.3 is 0 Å². The molecule has 3 rings (SSSR count). The maximum absolute atomic E-state index is 12.3. The van der Waals surface area contributed by atoms with E-state index in [0.717, 1.165) is 55.2 Å². The van der Waals surface area contributed by atoms with E-state index in [1.54, 1.807) is 0 Å². The molecular weight excluding hydrogens is 380 g/mol. The molecule has 138 valence electrons. The summed E-state index contributed by atoms with van der Waals surface area (Å²) in [7, 11) is 0. The lowest BCUT2D eigenvalue weighted by atomic mass is 9.87. The summed E-state index contributed by atoms with van der Waals surface area (Å²) in [5.74, 6) is 2.06. The van der Waals surface area contributed by atoms with Crippen LogP contribution in [0.1, 0.15) is 38.2 Å². The van der Waals surface area contributed by atoms with E-state index >= 15 is 0 Å². The summed E-state index contributed by atoms with van der Waals surface area (Å²) in [6.07, 6.45) is 6.60. The second kappa shape index (κ2) is 8.49. The number of anilines is 1. The molecule has 0 spiro atoms. The number of piperazine rings is 1. The smallest absolute Gasteiger partial charge is 0.234 e. The minimum atomic E-state index is 0.186. The van der Waals surface area contributed by atoms with Gasteiger partial charge in [-0.3, -0.25) is 9.69 Å². The van der Waals surface area contributed by atoms with Gasteiger partial charge in [-0.2, -0.15) is 0 Å². The summed E-state index contributed by atoms with van der Waals surface area (Å²) in [5.41, 5.74) is 1.19. The van der Waals surface area contributed by atoms with Crippen molar-refractivity contribution in [2.75, 3.05) is 37.6 Å². The Balaban J connectivity index is 1.43. The molecule has 6 heteroatoms. The van der Waals surface area contributed by atoms with E-state index in [2.05, 4.69) is 55.9 Å². The normalized spacial score (nSPS) is 25.0. The van der Waals surface area contributed by atoms with Crippen molar-refractivity contribution in [3.05, 3.63) is 22.3 Å². The van der Waals surface area contributed by atoms with Crippen LogP contribution in [-0.2, 0) is 4.79 Å². The van der Waals surface area contributed by atoms with Crippen molar-refractivity contribution >= 4 is 27.7 Å². The molecule has 1 aromatic rings. The van der Waals surface area contributed by atoms with Crippen LogP contribution in [0.15, 0.2) is 16.7 Å². The lowest BCUT2D eigenvalue weighted by molar-refractivity contribution is -0.123. The minimum absolute atomic E-state index is 0.186. The number of hydrogen-bond donors (Lipinski definition) is 1. The molecule has 0 unspecified atom stereocenters. The van der Waals surface area contributed by atoms with Gasteiger partial charge in [-0.05, 0) is 66.1 Å². The average molecular weight is 409 g/mol. The molecule has 25 heavy (non-hydrogen) atoms. The Kier molecular flexibility index (Phi) is 6.34. The number of halogens is 1. The fourth-order valence-corrected chi connectivity index (χ4v) is 4.31. The highest BCUT2D eigenvalue weighted by molar-refractivity contribution is 9.10. The topological polar surface area (TPSA) is 48.5 Å². The summed E-state index contributed by atoms with van der Waals surface area (Å²) >= 11 is 3.47. The molecule has 1 amide bonds. The Labute approximate surface area is 159 Å². The molecule has 1 N–H and O–H groups in total. The first-order chi connectivity index (χ1) is 12.0. The maximum atomic E-state index is 12.3. The molecule has 2 heterocycles. The van der Waals surface area contributed by atoms with Crippen LogP contribution in [0.3, 0.4) is 0 Å². The number of hydrogen-bond acceptors (Lipinski definition) is 4. The molecule has 2 fully saturated rings. The van der Waals surface area contributed by atoms with Crippen molar-refractivity contribution < 1.29 is 4.79 Å². The van der Waals surface area contributed by atoms with E-state index in [1.807, 2.05) is 6.20 Å². The summed E-state index contributed by atoms with van der Waals surface area (Å²) < 4.78 is 1.01. The maximum Gasteiger partial charge on any atom is 0.234 e. The minimum Gasteiger partial charge on any atom is -0.354 e. The van der Waals surface area contributed by atoms with Gasteiger partial charge in [-0.1, -0.05) is 6.92 Å². The van der Waals surface area contributed by atoms with Gasteiger partial charge in [-0.25, -0.2) is 4.98 Å². The van der Waals surface area contributed by atoms with Crippen LogP contribution in [-0.4, -0.2) is 54.6 Å². The van der Waals surface area contributed by atoms with Gasteiger partial charge in [0, 0.05) is 42.9 Å². The van der Waals surface area contributed by atoms with E-state index in [9.17, 15) is 4.79 Å². The molecule has 0 radical (unpaired) electrons. The van der Waals surface area contributed by atoms with Crippen LogP contribution in [0.4, 0.5) is 5.82 Å². The number of amides is 1. The molecule has 1 saturated carbocycles. The molecule has 0 atom stereocenters. The Bertz CT molecular complexity index is 593. The highest BCUT2D eigenvalue weighted by Crippen LogP contribution is 2.24. The van der Waals surface area contributed by atoms with Gasteiger partial charge in [0.1, 0.15) is 5.82 Å². The predicted octanol–water partition coefficient (Wildman–Crippen LogP) is 2.97. The van der Waals surface area contributed by atoms with Crippen LogP contribution < -0.4 is 10.2 Å². The van der Waals surface area contributed by atoms with E-state index in [1.165, 1.54) is 18.4 Å². The summed E-state index contributed by atoms with van der Waals surface area (Å²) in [5, 5.41) is 3.23. The number of nitrogens with one attached hydrogen (secondary N) is 1. The fourth-order valence-electron chi connectivity index (χ4n) is 3.86. The Hall–Kier alpha value is -1.14. The molecule has 1 aliphatic heterocycles. The van der Waals surface area contributed by atoms with Gasteiger partial charge in [0.25, 0.3) is 0 Å². The average Bonchev–Trinajstić information content (AvgIpc) is 2.58. The van der Waals surface area contributed by atoms with Crippen LogP contribution in [0.25, 0.3) is 0 Å². The molecule has 1 aromatic heterocycles. The first-order valence-corrected chi connectivity index (χ1v) is 10.2. The lowest BCUT2D eigenvalue weighted by Crippen LogP contribution is -2.51. The van der Waals surface area contributed by atoms with Crippen LogP contribution >= 0.6 is 15.9 Å². The third-order valence-electron chi connectivity index (χ3n) is 5.44. The molecular formula is C19H29BrN4O. The highest BCUT2D eigenvalue weighted by atomic mass is 79.9. The third-order valence-corrected chi connectivity index (χ3v) is 5.87. The van der Waals surface area contributed by atoms with E-state index in [0.29, 0.717) is 12.6 Å². The monoisotopic (exact) mass is 408 g/mol. The van der Waals surface area contributed by atoms with Gasteiger partial charge in [0.15, 0.2) is 0 Å². The van der Waals surface area contributed by atoms with Crippen molar-refractivity contribution in [1.29, 1.82) is 0 Å². The number of carbonyl (C=O) groups excluding carboxylic acids is 1. The van der Waals surface area contributed by atoms with Crippen molar-refractivity contribution in [1.82, 2.24) is 15.2 Å². The van der Waals surface area contributed by atoms with Gasteiger partial charge in [0.05, 0.1) is 6.54 Å². The van der Waals surface area contributed by atoms with Gasteiger partial charge in [-0.15, -0.1) is 0 Å². The molecule has 1 saturated heterocycles. The van der Waals surface area contributed by atoms with E-state index in [4.69, 9.17) is 0 Å². The molecule has 5 nitrogen and oxygen atoms in total. The number of carbonyl (C=O) groups is 1. The summed E-state index contributed by atoms with van der Waals surface area (Å²) in [6.45, 7) is 8.58. The van der Waals surface area contributed by atoms with Gasteiger partial charge < -0.3 is 10.2 Å². The van der Waals surface area contributed by atoms with Crippen LogP contribution in [0, 0.1) is 12.8 Å². The zero-order valence-electron chi connectivity index (χ0n) is 15.3. The van der Waals surface area contributed by atoms with Crippen molar-refractivity contribution in [3.8, 4) is 0 Å². The lowest BCUT2D eigenvalue weighted by Gasteiger charge is -2.36. The zero-order valence-corrected chi connectivity index (χ0v) is 16.9. The number of aromatic nitrogens is 1. The molecule has 0 aromatic carbocycles. The summed E-state index contributed by atoms with van der Waals surface area (Å²) in [4.78, 5) is 21.4. The Morgan fingerprint density at radius 3 is 2.56 bits per heavy atom. The molecule has 2 aliphatic rings. The van der Waals surface area contributed by atoms with Crippen molar-refractivity contribution in [3.63, 3.8) is 0 Å². The molecule has 0 bridgehead atoms. The predicted molar refractivity (Wildman–Crippen MR) is 105 cm³/mol. The largest absolute Gasteiger partial charge is 0.354 e. The van der Waals surface area contributed by atoms with Crippen molar-refractivity contribution in [2.45, 2.75) is 45.6 Å². The molecule has 1 aliphatic carbocycles. The SMILES string of the molecule is Cc1cc(Br)cnc1N1CCN(CC(=O)NC2CCC(C)CC2)CC1. The van der Waals surface area contributed by atoms with E-state index < -0.39 is 0 Å². The highest BCUT2D eigenvalue weighted by Gasteiger charge is 2.23. The Morgan fingerprint density at radius 2 is 1.92 bits per heavy atom. The number of aryl methyl sites for hydroxylation is 1. The number of rotatable bonds is 4. The van der Waals surface area contributed by atoms with Crippen LogP contribution in [0.5, 0.6) is 0 Å². The second-order valence-corrected chi connectivity index (χ2v) is 8.50. The van der Waals surface area contributed by atoms with Crippen LogP contribution in [0.2, 0.25) is 0 Å². The quantitative estimate of drug-likeness (QED) is 0.831. The fraction of sp³-hybridized carbons (Fsp3) is 0.684. The standard InChI is InChI=1S/C19H29BrN4O/c1-14-3-5-17(6-4-14)22-18(25)13-23-7-9-24(10-8-23)19-15(2)11-16(20)12-21-19/h11-12,14,17H,3-10,13H2,1-2H3,(H,22,25). The second-order valence-electron chi connectivity index (χ2n) is 7.58. The number of pyridine rings is 1. The first-order valence-electron chi connectivity index (χ1n) is 9.40. The Morgan fingerprint density at radius 1 is 1.24 bits per heavy atom. The first kappa shape index (κ1) is 18.6. The van der Waals surface area contributed by atoms with Gasteiger partial charge in [0.2, 0.25) is 5.91 Å². The van der Waals surface area contributed by atoms with E-state index in [-0.39, 0.29) is 5.91 Å². The third kappa shape index (κ3) is 5.17. The number of nitrogens with zero attached hydrogens (tertiary/aromatic N) is 3. The summed E-state index contributed by atoms with van der Waals surface area (Å²) in [6, 6.07) is 2.49. The zero-order chi connectivity index (χ0) is 17.8.